The van der Waals surface area contributed by atoms with E-state index in [-0.39, 0.29) is 0 Å². The van der Waals surface area contributed by atoms with E-state index in [1.807, 2.05) is 0 Å². The van der Waals surface area contributed by atoms with Crippen molar-refractivity contribution in [3.05, 3.63) is 12.2 Å². The molecule has 4 atom stereocenters. The normalized spacial score (nSPS) is 23.4. The third-order valence-corrected chi connectivity index (χ3v) is 6.96. The van der Waals surface area contributed by atoms with Gasteiger partial charge in [-0.2, -0.15) is 0 Å². The molecule has 1 saturated carbocycles. The zero-order valence-corrected chi connectivity index (χ0v) is 15.8. The molecule has 0 heterocycles. The number of rotatable bonds is 8. The zero-order chi connectivity index (χ0) is 16.0. The number of hydrogen-bond donors (Lipinski definition) is 0. The van der Waals surface area contributed by atoms with Crippen LogP contribution < -0.4 is 0 Å². The standard InChI is InChI=1S/C21H40/c1-8-12-20(15-16(3)21(6,7)9-2)18(5)17(4)19-13-10-11-14-19/h8,12,16-20H,9-11,13-15H2,1-7H3. The lowest BCUT2D eigenvalue weighted by molar-refractivity contribution is 0.147. The fraction of sp³-hybridized carbons (Fsp3) is 0.905. The van der Waals surface area contributed by atoms with Gasteiger partial charge < -0.3 is 0 Å². The quantitative estimate of drug-likeness (QED) is 0.418. The lowest BCUT2D eigenvalue weighted by atomic mass is 9.68. The molecule has 0 radical (unpaired) electrons. The fourth-order valence-electron chi connectivity index (χ4n) is 4.09. The van der Waals surface area contributed by atoms with Gasteiger partial charge in [0, 0.05) is 0 Å². The molecule has 1 rings (SSSR count). The maximum Gasteiger partial charge on any atom is -0.0203 e. The van der Waals surface area contributed by atoms with Crippen LogP contribution in [0.1, 0.15) is 87.0 Å². The van der Waals surface area contributed by atoms with Gasteiger partial charge in [0.25, 0.3) is 0 Å². The maximum absolute atomic E-state index is 2.52. The lowest BCUT2D eigenvalue weighted by Crippen LogP contribution is -2.28. The van der Waals surface area contributed by atoms with E-state index in [9.17, 15) is 0 Å². The molecule has 0 aromatic heterocycles. The number of hydrogen-bond acceptors (Lipinski definition) is 0. The smallest absolute Gasteiger partial charge is 0.0203 e. The predicted molar refractivity (Wildman–Crippen MR) is 96.4 cm³/mol. The van der Waals surface area contributed by atoms with Crippen molar-refractivity contribution in [3.8, 4) is 0 Å². The van der Waals surface area contributed by atoms with Crippen LogP contribution in [-0.2, 0) is 0 Å². The Labute approximate surface area is 134 Å². The zero-order valence-electron chi connectivity index (χ0n) is 15.8. The van der Waals surface area contributed by atoms with Gasteiger partial charge in [-0.15, -0.1) is 0 Å². The summed E-state index contributed by atoms with van der Waals surface area (Å²) in [6.07, 6.45) is 13.3. The summed E-state index contributed by atoms with van der Waals surface area (Å²) in [6, 6.07) is 0. The molecular formula is C21H40. The van der Waals surface area contributed by atoms with E-state index in [0.717, 1.165) is 29.6 Å². The minimum absolute atomic E-state index is 0.468. The van der Waals surface area contributed by atoms with Crippen LogP contribution in [0.3, 0.4) is 0 Å². The minimum Gasteiger partial charge on any atom is -0.0914 e. The van der Waals surface area contributed by atoms with E-state index in [2.05, 4.69) is 60.6 Å². The Morgan fingerprint density at radius 3 is 2.14 bits per heavy atom. The maximum atomic E-state index is 2.52. The van der Waals surface area contributed by atoms with Gasteiger partial charge in [-0.25, -0.2) is 0 Å². The highest BCUT2D eigenvalue weighted by Gasteiger charge is 2.32. The van der Waals surface area contributed by atoms with E-state index in [1.54, 1.807) is 0 Å². The summed E-state index contributed by atoms with van der Waals surface area (Å²) in [4.78, 5) is 0. The Hall–Kier alpha value is -0.260. The molecule has 0 nitrogen and oxygen atoms in total. The molecule has 1 aliphatic rings. The Morgan fingerprint density at radius 2 is 1.67 bits per heavy atom. The SMILES string of the molecule is CC=CC(CC(C)C(C)(C)CC)C(C)C(C)C1CCCC1. The molecule has 0 aliphatic heterocycles. The van der Waals surface area contributed by atoms with Crippen LogP contribution in [-0.4, -0.2) is 0 Å². The molecule has 21 heavy (non-hydrogen) atoms. The molecule has 0 heteroatoms. The molecule has 0 spiro atoms. The summed E-state index contributed by atoms with van der Waals surface area (Å²) in [7, 11) is 0. The van der Waals surface area contributed by atoms with E-state index in [4.69, 9.17) is 0 Å². The molecule has 124 valence electrons. The van der Waals surface area contributed by atoms with Gasteiger partial charge in [0.2, 0.25) is 0 Å². The van der Waals surface area contributed by atoms with Crippen LogP contribution >= 0.6 is 0 Å². The molecule has 0 amide bonds. The Balaban J connectivity index is 2.71. The summed E-state index contributed by atoms with van der Waals surface area (Å²) in [5.74, 6) is 4.24. The van der Waals surface area contributed by atoms with Crippen molar-refractivity contribution < 1.29 is 0 Å². The second kappa shape index (κ2) is 8.39. The van der Waals surface area contributed by atoms with Crippen molar-refractivity contribution in [2.75, 3.05) is 0 Å². The van der Waals surface area contributed by atoms with Crippen LogP contribution in [0.4, 0.5) is 0 Å². The largest absolute Gasteiger partial charge is 0.0914 e. The van der Waals surface area contributed by atoms with Crippen LogP contribution in [0.2, 0.25) is 0 Å². The van der Waals surface area contributed by atoms with Crippen molar-refractivity contribution in [2.45, 2.75) is 87.0 Å². The van der Waals surface area contributed by atoms with Gasteiger partial charge >= 0.3 is 0 Å². The summed E-state index contributed by atoms with van der Waals surface area (Å²) < 4.78 is 0. The first-order chi connectivity index (χ1) is 9.83. The van der Waals surface area contributed by atoms with Gasteiger partial charge in [-0.1, -0.05) is 85.8 Å². The Bertz CT molecular complexity index is 306. The Kier molecular flexibility index (Phi) is 7.51. The van der Waals surface area contributed by atoms with Gasteiger partial charge in [-0.05, 0) is 48.3 Å². The molecule has 1 fully saturated rings. The molecule has 0 saturated heterocycles. The first kappa shape index (κ1) is 18.8. The molecule has 0 N–H and O–H groups in total. The van der Waals surface area contributed by atoms with Crippen molar-refractivity contribution in [1.29, 1.82) is 0 Å². The van der Waals surface area contributed by atoms with Crippen LogP contribution in [0.15, 0.2) is 12.2 Å². The van der Waals surface area contributed by atoms with E-state index < -0.39 is 0 Å². The highest BCUT2D eigenvalue weighted by Crippen LogP contribution is 2.42. The predicted octanol–water partition coefficient (Wildman–Crippen LogP) is 7.10. The highest BCUT2D eigenvalue weighted by atomic mass is 14.4. The third-order valence-electron chi connectivity index (χ3n) is 6.96. The molecule has 1 aliphatic carbocycles. The molecular weight excluding hydrogens is 252 g/mol. The molecule has 0 aromatic carbocycles. The lowest BCUT2D eigenvalue weighted by Gasteiger charge is -2.37. The van der Waals surface area contributed by atoms with Gasteiger partial charge in [0.15, 0.2) is 0 Å². The Morgan fingerprint density at radius 1 is 1.10 bits per heavy atom. The van der Waals surface area contributed by atoms with E-state index in [1.165, 1.54) is 38.5 Å². The molecule has 0 aromatic rings. The van der Waals surface area contributed by atoms with E-state index in [0.29, 0.717) is 5.41 Å². The fourth-order valence-corrected chi connectivity index (χ4v) is 4.09. The second-order valence-corrected chi connectivity index (χ2v) is 8.43. The van der Waals surface area contributed by atoms with E-state index >= 15 is 0 Å². The van der Waals surface area contributed by atoms with Gasteiger partial charge in [0.1, 0.15) is 0 Å². The van der Waals surface area contributed by atoms with Gasteiger partial charge in [0.05, 0.1) is 0 Å². The third kappa shape index (κ3) is 5.15. The van der Waals surface area contributed by atoms with Crippen LogP contribution in [0.5, 0.6) is 0 Å². The number of allylic oxidation sites excluding steroid dienone is 2. The highest BCUT2D eigenvalue weighted by molar-refractivity contribution is 4.93. The first-order valence-corrected chi connectivity index (χ1v) is 9.46. The summed E-state index contributed by atoms with van der Waals surface area (Å²) in [5.41, 5.74) is 0.468. The van der Waals surface area contributed by atoms with Crippen molar-refractivity contribution in [3.63, 3.8) is 0 Å². The van der Waals surface area contributed by atoms with Crippen LogP contribution in [0.25, 0.3) is 0 Å². The topological polar surface area (TPSA) is 0 Å². The first-order valence-electron chi connectivity index (χ1n) is 9.46. The monoisotopic (exact) mass is 292 g/mol. The summed E-state index contributed by atoms with van der Waals surface area (Å²) in [5, 5.41) is 0. The van der Waals surface area contributed by atoms with Crippen LogP contribution in [0, 0.1) is 35.0 Å². The molecule has 0 bridgehead atoms. The summed E-state index contributed by atoms with van der Waals surface area (Å²) in [6.45, 7) is 16.9. The van der Waals surface area contributed by atoms with Gasteiger partial charge in [-0.3, -0.25) is 0 Å². The average Bonchev–Trinajstić information content (AvgIpc) is 2.99. The summed E-state index contributed by atoms with van der Waals surface area (Å²) >= 11 is 0. The van der Waals surface area contributed by atoms with Crippen molar-refractivity contribution in [1.82, 2.24) is 0 Å². The molecule has 4 unspecified atom stereocenters. The average molecular weight is 293 g/mol. The van der Waals surface area contributed by atoms with Crippen molar-refractivity contribution >= 4 is 0 Å². The minimum atomic E-state index is 0.468. The second-order valence-electron chi connectivity index (χ2n) is 8.43. The van der Waals surface area contributed by atoms with Crippen molar-refractivity contribution in [2.24, 2.45) is 35.0 Å².